The summed E-state index contributed by atoms with van der Waals surface area (Å²) >= 11 is 6.51. The molecule has 0 saturated heterocycles. The quantitative estimate of drug-likeness (QED) is 0.672. The van der Waals surface area contributed by atoms with Crippen LogP contribution in [0.15, 0.2) is 61.4 Å². The molecule has 0 amide bonds. The minimum Gasteiger partial charge on any atom is -0.337 e. The molecule has 1 aliphatic rings. The first-order chi connectivity index (χ1) is 11.3. The predicted octanol–water partition coefficient (Wildman–Crippen LogP) is 4.94. The Labute approximate surface area is 155 Å². The van der Waals surface area contributed by atoms with Crippen LogP contribution in [0.1, 0.15) is 12.5 Å². The van der Waals surface area contributed by atoms with Crippen molar-refractivity contribution in [3.05, 3.63) is 68.4 Å². The third-order valence-electron chi connectivity index (χ3n) is 3.44. The van der Waals surface area contributed by atoms with Crippen molar-refractivity contribution in [1.29, 1.82) is 0 Å². The van der Waals surface area contributed by atoms with E-state index in [0.29, 0.717) is 15.6 Å². The van der Waals surface area contributed by atoms with Gasteiger partial charge in [0.15, 0.2) is 0 Å². The van der Waals surface area contributed by atoms with Gasteiger partial charge in [-0.1, -0.05) is 44.0 Å². The number of amidine groups is 1. The highest BCUT2D eigenvalue weighted by Crippen LogP contribution is 2.34. The molecule has 124 valence electrons. The van der Waals surface area contributed by atoms with E-state index in [0.717, 1.165) is 4.47 Å². The third kappa shape index (κ3) is 3.31. The fourth-order valence-electron chi connectivity index (χ4n) is 2.37. The molecule has 0 fully saturated rings. The molecule has 0 bridgehead atoms. The molecule has 0 aliphatic carbocycles. The van der Waals surface area contributed by atoms with E-state index in [9.17, 15) is 12.8 Å². The molecule has 0 unspecified atom stereocenters. The Morgan fingerprint density at radius 3 is 2.46 bits per heavy atom. The molecule has 0 radical (unpaired) electrons. The van der Waals surface area contributed by atoms with Gasteiger partial charge < -0.3 is 5.32 Å². The van der Waals surface area contributed by atoms with E-state index in [1.54, 1.807) is 37.3 Å². The Bertz CT molecular complexity index is 1000. The van der Waals surface area contributed by atoms with E-state index in [1.807, 2.05) is 0 Å². The lowest BCUT2D eigenvalue weighted by atomic mass is 10.1. The second-order valence-electron chi connectivity index (χ2n) is 5.13. The molecule has 1 aliphatic heterocycles. The zero-order valence-corrected chi connectivity index (χ0v) is 16.3. The number of benzene rings is 2. The smallest absolute Gasteiger partial charge is 0.285 e. The Kier molecular flexibility index (Phi) is 4.63. The minimum atomic E-state index is -3.84. The monoisotopic (exact) mass is 472 g/mol. The fourth-order valence-corrected chi connectivity index (χ4v) is 4.52. The van der Waals surface area contributed by atoms with Crippen LogP contribution in [0.4, 0.5) is 10.1 Å². The SMILES string of the molecule is CC1=C(c2cccc(Br)c2)S(=O)(=O)N=C1Nc1ccc(Br)cc1F. The molecule has 2 aromatic carbocycles. The van der Waals surface area contributed by atoms with Gasteiger partial charge in [-0.3, -0.25) is 0 Å². The van der Waals surface area contributed by atoms with Gasteiger partial charge in [-0.2, -0.15) is 8.42 Å². The second kappa shape index (κ2) is 6.42. The van der Waals surface area contributed by atoms with Crippen LogP contribution in [-0.2, 0) is 10.0 Å². The summed E-state index contributed by atoms with van der Waals surface area (Å²) in [5.41, 5.74) is 1.12. The first kappa shape index (κ1) is 17.3. The first-order valence-electron chi connectivity index (χ1n) is 6.82. The topological polar surface area (TPSA) is 58.5 Å². The Morgan fingerprint density at radius 1 is 1.08 bits per heavy atom. The number of nitrogens with one attached hydrogen (secondary N) is 1. The average molecular weight is 474 g/mol. The summed E-state index contributed by atoms with van der Waals surface area (Å²) in [4.78, 5) is 0.115. The van der Waals surface area contributed by atoms with Crippen LogP contribution in [0.5, 0.6) is 0 Å². The van der Waals surface area contributed by atoms with E-state index < -0.39 is 15.8 Å². The van der Waals surface area contributed by atoms with Gasteiger partial charge in [-0.25, -0.2) is 4.39 Å². The maximum absolute atomic E-state index is 14.0. The highest BCUT2D eigenvalue weighted by atomic mass is 79.9. The van der Waals surface area contributed by atoms with Gasteiger partial charge in [0.05, 0.1) is 5.69 Å². The van der Waals surface area contributed by atoms with Crippen LogP contribution in [0.25, 0.3) is 4.91 Å². The van der Waals surface area contributed by atoms with E-state index in [-0.39, 0.29) is 16.4 Å². The summed E-state index contributed by atoms with van der Waals surface area (Å²) in [6.07, 6.45) is 0. The first-order valence-corrected chi connectivity index (χ1v) is 9.85. The number of halogens is 3. The summed E-state index contributed by atoms with van der Waals surface area (Å²) in [7, 11) is -3.84. The Morgan fingerprint density at radius 2 is 1.79 bits per heavy atom. The Balaban J connectivity index is 2.04. The molecule has 0 aromatic heterocycles. The zero-order valence-electron chi connectivity index (χ0n) is 12.3. The van der Waals surface area contributed by atoms with Crippen molar-refractivity contribution >= 4 is 58.3 Å². The van der Waals surface area contributed by atoms with Crippen LogP contribution < -0.4 is 5.32 Å². The molecule has 0 spiro atoms. The molecule has 0 saturated carbocycles. The number of anilines is 1. The van der Waals surface area contributed by atoms with Crippen molar-refractivity contribution in [2.45, 2.75) is 6.92 Å². The van der Waals surface area contributed by atoms with Crippen molar-refractivity contribution in [3.63, 3.8) is 0 Å². The van der Waals surface area contributed by atoms with Crippen LogP contribution in [0.3, 0.4) is 0 Å². The normalized spacial score (nSPS) is 16.2. The van der Waals surface area contributed by atoms with Crippen molar-refractivity contribution in [3.8, 4) is 0 Å². The number of hydrogen-bond acceptors (Lipinski definition) is 3. The molecule has 1 N–H and O–H groups in total. The fraction of sp³-hybridized carbons (Fsp3) is 0.0625. The van der Waals surface area contributed by atoms with Gasteiger partial charge in [0, 0.05) is 14.5 Å². The molecular weight excluding hydrogens is 463 g/mol. The van der Waals surface area contributed by atoms with Crippen LogP contribution in [0, 0.1) is 5.82 Å². The molecule has 2 aromatic rings. The molecule has 3 rings (SSSR count). The number of rotatable bonds is 2. The van der Waals surface area contributed by atoms with Crippen molar-refractivity contribution < 1.29 is 12.8 Å². The summed E-state index contributed by atoms with van der Waals surface area (Å²) < 4.78 is 43.9. The summed E-state index contributed by atoms with van der Waals surface area (Å²) in [6, 6.07) is 11.4. The number of hydrogen-bond donors (Lipinski definition) is 1. The summed E-state index contributed by atoms with van der Waals surface area (Å²) in [6.45, 7) is 1.64. The lowest BCUT2D eigenvalue weighted by molar-refractivity contribution is 0.608. The van der Waals surface area contributed by atoms with E-state index in [4.69, 9.17) is 0 Å². The molecule has 8 heteroatoms. The van der Waals surface area contributed by atoms with E-state index in [1.165, 1.54) is 12.1 Å². The van der Waals surface area contributed by atoms with Gasteiger partial charge in [-0.15, -0.1) is 4.40 Å². The lowest BCUT2D eigenvalue weighted by Crippen LogP contribution is -2.12. The van der Waals surface area contributed by atoms with E-state index >= 15 is 0 Å². The predicted molar refractivity (Wildman–Crippen MR) is 101 cm³/mol. The van der Waals surface area contributed by atoms with E-state index in [2.05, 4.69) is 41.6 Å². The van der Waals surface area contributed by atoms with Crippen molar-refractivity contribution in [2.75, 3.05) is 5.32 Å². The highest BCUT2D eigenvalue weighted by Gasteiger charge is 2.31. The summed E-state index contributed by atoms with van der Waals surface area (Å²) in [5, 5.41) is 2.76. The highest BCUT2D eigenvalue weighted by molar-refractivity contribution is 9.10. The van der Waals surface area contributed by atoms with Crippen LogP contribution in [0.2, 0.25) is 0 Å². The minimum absolute atomic E-state index is 0.115. The van der Waals surface area contributed by atoms with Gasteiger partial charge in [0.2, 0.25) is 0 Å². The molecule has 24 heavy (non-hydrogen) atoms. The number of sulfonamides is 1. The van der Waals surface area contributed by atoms with Gasteiger partial charge in [0.1, 0.15) is 16.6 Å². The third-order valence-corrected chi connectivity index (χ3v) is 5.90. The van der Waals surface area contributed by atoms with Gasteiger partial charge >= 0.3 is 0 Å². The number of nitrogens with zero attached hydrogens (tertiary/aromatic N) is 1. The lowest BCUT2D eigenvalue weighted by Gasteiger charge is -2.08. The van der Waals surface area contributed by atoms with Crippen LogP contribution in [-0.4, -0.2) is 14.3 Å². The molecule has 1 heterocycles. The molecular formula is C16H11Br2FN2O2S. The largest absolute Gasteiger partial charge is 0.337 e. The maximum Gasteiger partial charge on any atom is 0.285 e. The molecule has 4 nitrogen and oxygen atoms in total. The summed E-state index contributed by atoms with van der Waals surface area (Å²) in [5.74, 6) is -0.389. The van der Waals surface area contributed by atoms with Crippen molar-refractivity contribution in [2.24, 2.45) is 4.40 Å². The zero-order chi connectivity index (χ0) is 17.5. The molecule has 0 atom stereocenters. The van der Waals surface area contributed by atoms with Crippen molar-refractivity contribution in [1.82, 2.24) is 0 Å². The second-order valence-corrected chi connectivity index (χ2v) is 8.50. The average Bonchev–Trinajstić information content (AvgIpc) is 2.71. The van der Waals surface area contributed by atoms with Gasteiger partial charge in [-0.05, 0) is 42.8 Å². The Hall–Kier alpha value is -1.51. The maximum atomic E-state index is 14.0. The standard InChI is InChI=1S/C16H11Br2FN2O2S/c1-9-15(10-3-2-4-11(17)7-10)24(22,23)21-16(9)20-14-6-5-12(18)8-13(14)19/h2-8H,1H3,(H,20,21). The van der Waals surface area contributed by atoms with Gasteiger partial charge in [0.25, 0.3) is 10.0 Å². The van der Waals surface area contributed by atoms with Crippen LogP contribution >= 0.6 is 31.9 Å².